The number of methoxy groups -OCH3 is 1. The number of ether oxygens (including phenoxy) is 1. The van der Waals surface area contributed by atoms with Gasteiger partial charge in [-0.2, -0.15) is 23.7 Å². The fourth-order valence-electron chi connectivity index (χ4n) is 3.46. The number of carbonyl (C=O) groups is 1. The first-order chi connectivity index (χ1) is 15.4. The zero-order valence-electron chi connectivity index (χ0n) is 19.0. The SMILES string of the molecule is CC(=O)N1CCN(c2cc(F)nc(F)n2)CC1.COc1nc(C)cc(N2CCNCC2)n1.O. The van der Waals surface area contributed by atoms with Gasteiger partial charge in [-0.05, 0) is 6.92 Å². The Balaban J connectivity index is 0.000000228. The van der Waals surface area contributed by atoms with Gasteiger partial charge in [-0.3, -0.25) is 4.79 Å². The fraction of sp³-hybridized carbons (Fsp3) is 0.550. The van der Waals surface area contributed by atoms with E-state index in [1.165, 1.54) is 6.92 Å². The second-order valence-electron chi connectivity index (χ2n) is 7.40. The van der Waals surface area contributed by atoms with Crippen LogP contribution in [0.15, 0.2) is 12.1 Å². The third-order valence-corrected chi connectivity index (χ3v) is 5.15. The quantitative estimate of drug-likeness (QED) is 0.481. The van der Waals surface area contributed by atoms with Crippen molar-refractivity contribution in [2.75, 3.05) is 69.3 Å². The normalized spacial score (nSPS) is 15.8. The molecule has 2 aromatic heterocycles. The van der Waals surface area contributed by atoms with Crippen molar-refractivity contribution in [2.45, 2.75) is 13.8 Å². The van der Waals surface area contributed by atoms with Crippen molar-refractivity contribution >= 4 is 17.5 Å². The largest absolute Gasteiger partial charge is 0.467 e. The van der Waals surface area contributed by atoms with Crippen molar-refractivity contribution in [1.29, 1.82) is 0 Å². The summed E-state index contributed by atoms with van der Waals surface area (Å²) >= 11 is 0. The number of anilines is 2. The van der Waals surface area contributed by atoms with E-state index in [1.54, 1.807) is 16.9 Å². The lowest BCUT2D eigenvalue weighted by molar-refractivity contribution is -0.129. The van der Waals surface area contributed by atoms with Gasteiger partial charge in [0, 0.05) is 77.1 Å². The topological polar surface area (TPSA) is 131 Å². The van der Waals surface area contributed by atoms with Crippen LogP contribution in [0, 0.1) is 18.9 Å². The molecule has 2 aliphatic heterocycles. The summed E-state index contributed by atoms with van der Waals surface area (Å²) in [6.45, 7) is 9.52. The maximum absolute atomic E-state index is 12.9. The van der Waals surface area contributed by atoms with Gasteiger partial charge in [0.1, 0.15) is 11.6 Å². The van der Waals surface area contributed by atoms with E-state index < -0.39 is 12.0 Å². The van der Waals surface area contributed by atoms with Gasteiger partial charge >= 0.3 is 12.1 Å². The van der Waals surface area contributed by atoms with Crippen molar-refractivity contribution in [3.63, 3.8) is 0 Å². The molecule has 33 heavy (non-hydrogen) atoms. The van der Waals surface area contributed by atoms with Gasteiger partial charge < -0.3 is 30.2 Å². The molecule has 0 aromatic carbocycles. The fourth-order valence-corrected chi connectivity index (χ4v) is 3.46. The molecule has 0 bridgehead atoms. The molecule has 0 saturated carbocycles. The van der Waals surface area contributed by atoms with Crippen LogP contribution in [0.4, 0.5) is 20.4 Å². The molecule has 11 nitrogen and oxygen atoms in total. The standard InChI is InChI=1S/C10H12F2N4O.C10H16N4O.H2O/c1-7(17)15-2-4-16(5-3-15)9-6-8(11)13-10(12)14-9;1-8-7-9(13-10(12-8)15-2)14-5-3-11-4-6-14;/h6H,2-5H2,1H3;7,11H,3-6H2,1-2H3;1H2. The van der Waals surface area contributed by atoms with Crippen LogP contribution in [0.3, 0.4) is 0 Å². The third kappa shape index (κ3) is 7.43. The van der Waals surface area contributed by atoms with E-state index in [4.69, 9.17) is 4.74 Å². The molecule has 4 heterocycles. The zero-order valence-corrected chi connectivity index (χ0v) is 19.0. The van der Waals surface area contributed by atoms with Crippen LogP contribution in [0.1, 0.15) is 12.6 Å². The summed E-state index contributed by atoms with van der Waals surface area (Å²) < 4.78 is 30.8. The van der Waals surface area contributed by atoms with Gasteiger partial charge in [0.25, 0.3) is 0 Å². The van der Waals surface area contributed by atoms with Crippen LogP contribution in [-0.4, -0.2) is 95.7 Å². The molecule has 0 aliphatic carbocycles. The number of nitrogens with zero attached hydrogens (tertiary/aromatic N) is 7. The molecule has 2 fully saturated rings. The summed E-state index contributed by atoms with van der Waals surface area (Å²) in [5.41, 5.74) is 0.940. The summed E-state index contributed by atoms with van der Waals surface area (Å²) in [5, 5.41) is 3.31. The lowest BCUT2D eigenvalue weighted by Gasteiger charge is -2.34. The Labute approximate surface area is 191 Å². The summed E-state index contributed by atoms with van der Waals surface area (Å²) in [7, 11) is 1.59. The maximum Gasteiger partial charge on any atom is 0.318 e. The highest BCUT2D eigenvalue weighted by molar-refractivity contribution is 5.73. The molecule has 0 radical (unpaired) electrons. The molecule has 4 rings (SSSR count). The number of carbonyl (C=O) groups excluding carboxylic acids is 1. The van der Waals surface area contributed by atoms with E-state index in [2.05, 4.69) is 30.2 Å². The van der Waals surface area contributed by atoms with Gasteiger partial charge in [-0.15, -0.1) is 0 Å². The molecule has 182 valence electrons. The Bertz CT molecular complexity index is 902. The zero-order chi connectivity index (χ0) is 23.1. The Kier molecular flexibility index (Phi) is 9.60. The number of hydrogen-bond donors (Lipinski definition) is 1. The number of hydrogen-bond acceptors (Lipinski definition) is 9. The summed E-state index contributed by atoms with van der Waals surface area (Å²) in [6.07, 6.45) is -1.08. The van der Waals surface area contributed by atoms with Crippen molar-refractivity contribution in [2.24, 2.45) is 0 Å². The number of piperazine rings is 2. The highest BCUT2D eigenvalue weighted by atomic mass is 19.1. The monoisotopic (exact) mass is 468 g/mol. The van der Waals surface area contributed by atoms with Crippen LogP contribution in [-0.2, 0) is 4.79 Å². The van der Waals surface area contributed by atoms with E-state index in [9.17, 15) is 13.6 Å². The number of nitrogens with one attached hydrogen (secondary N) is 1. The molecule has 0 atom stereocenters. The van der Waals surface area contributed by atoms with Crippen molar-refractivity contribution in [3.05, 3.63) is 29.9 Å². The number of amides is 1. The van der Waals surface area contributed by atoms with Crippen LogP contribution < -0.4 is 19.9 Å². The second-order valence-corrected chi connectivity index (χ2v) is 7.40. The third-order valence-electron chi connectivity index (χ3n) is 5.15. The second kappa shape index (κ2) is 12.2. The Morgan fingerprint density at radius 1 is 0.939 bits per heavy atom. The molecule has 0 unspecified atom stereocenters. The number of halogens is 2. The Morgan fingerprint density at radius 3 is 2.12 bits per heavy atom. The first-order valence-corrected chi connectivity index (χ1v) is 10.4. The van der Waals surface area contributed by atoms with Crippen LogP contribution >= 0.6 is 0 Å². The van der Waals surface area contributed by atoms with Gasteiger partial charge in [0.2, 0.25) is 11.9 Å². The van der Waals surface area contributed by atoms with Crippen molar-refractivity contribution in [1.82, 2.24) is 30.2 Å². The average molecular weight is 469 g/mol. The summed E-state index contributed by atoms with van der Waals surface area (Å²) in [5.74, 6) is 0.297. The highest BCUT2D eigenvalue weighted by Gasteiger charge is 2.20. The molecule has 1 amide bonds. The van der Waals surface area contributed by atoms with Gasteiger partial charge in [-0.25, -0.2) is 4.98 Å². The predicted molar refractivity (Wildman–Crippen MR) is 118 cm³/mol. The van der Waals surface area contributed by atoms with E-state index in [-0.39, 0.29) is 17.2 Å². The number of aromatic nitrogens is 4. The molecule has 0 spiro atoms. The lowest BCUT2D eigenvalue weighted by Crippen LogP contribution is -2.48. The van der Waals surface area contributed by atoms with Gasteiger partial charge in [-0.1, -0.05) is 0 Å². The number of rotatable bonds is 3. The Morgan fingerprint density at radius 2 is 1.55 bits per heavy atom. The van der Waals surface area contributed by atoms with E-state index in [0.717, 1.165) is 43.8 Å². The van der Waals surface area contributed by atoms with Crippen LogP contribution in [0.5, 0.6) is 6.01 Å². The first kappa shape index (κ1) is 26.1. The minimum atomic E-state index is -1.08. The minimum absolute atomic E-state index is 0. The molecule has 13 heteroatoms. The summed E-state index contributed by atoms with van der Waals surface area (Å²) in [6, 6.07) is 3.53. The first-order valence-electron chi connectivity index (χ1n) is 10.4. The highest BCUT2D eigenvalue weighted by Crippen LogP contribution is 2.16. The molecule has 2 aromatic rings. The molecular formula is C20H30F2N8O3. The minimum Gasteiger partial charge on any atom is -0.467 e. The smallest absolute Gasteiger partial charge is 0.318 e. The lowest BCUT2D eigenvalue weighted by atomic mass is 10.3. The van der Waals surface area contributed by atoms with E-state index in [1.807, 2.05) is 13.0 Å². The van der Waals surface area contributed by atoms with E-state index >= 15 is 0 Å². The molecular weight excluding hydrogens is 438 g/mol. The molecule has 3 N–H and O–H groups in total. The Hall–Kier alpha value is -3.19. The predicted octanol–water partition coefficient (Wildman–Crippen LogP) is -0.198. The molecule has 2 aliphatic rings. The van der Waals surface area contributed by atoms with Crippen molar-refractivity contribution < 1.29 is 23.8 Å². The van der Waals surface area contributed by atoms with Gasteiger partial charge in [0.05, 0.1) is 7.11 Å². The van der Waals surface area contributed by atoms with Crippen LogP contribution in [0.25, 0.3) is 0 Å². The summed E-state index contributed by atoms with van der Waals surface area (Å²) in [4.78, 5) is 31.8. The maximum atomic E-state index is 12.9. The van der Waals surface area contributed by atoms with Crippen LogP contribution in [0.2, 0.25) is 0 Å². The van der Waals surface area contributed by atoms with E-state index in [0.29, 0.717) is 32.2 Å². The number of aryl methyl sites for hydroxylation is 1. The van der Waals surface area contributed by atoms with Crippen molar-refractivity contribution in [3.8, 4) is 6.01 Å². The van der Waals surface area contributed by atoms with Gasteiger partial charge in [0.15, 0.2) is 0 Å². The average Bonchev–Trinajstić information content (AvgIpc) is 2.79. The molecule has 2 saturated heterocycles.